The Hall–Kier alpha value is -0.550. The number of halogens is 2. The quantitative estimate of drug-likeness (QED) is 0.720. The van der Waals surface area contributed by atoms with E-state index in [1.165, 1.54) is 5.30 Å². The average Bonchev–Trinajstić information content (AvgIpc) is 2.30. The van der Waals surface area contributed by atoms with Crippen LogP contribution < -0.4 is 5.30 Å². The van der Waals surface area contributed by atoms with Gasteiger partial charge in [0.2, 0.25) is 0 Å². The number of rotatable bonds is 3. The van der Waals surface area contributed by atoms with E-state index in [0.717, 1.165) is 21.8 Å². The molecule has 0 aliphatic carbocycles. The second-order valence-corrected chi connectivity index (χ2v) is 5.52. The van der Waals surface area contributed by atoms with Crippen LogP contribution in [0.25, 0.3) is 0 Å². The Bertz CT molecular complexity index is 448. The summed E-state index contributed by atoms with van der Waals surface area (Å²) in [5.41, 5.74) is 1.05. The van der Waals surface area contributed by atoms with Crippen LogP contribution in [-0.4, -0.2) is 0 Å². The zero-order chi connectivity index (χ0) is 11.4. The monoisotopic (exact) mass is 268 g/mol. The fraction of sp³-hybridized carbons (Fsp3) is 0.0769. The van der Waals surface area contributed by atoms with Gasteiger partial charge >= 0.3 is 0 Å². The summed E-state index contributed by atoms with van der Waals surface area (Å²) in [6.45, 7) is 0. The molecule has 0 bridgehead atoms. The summed E-state index contributed by atoms with van der Waals surface area (Å²) in [4.78, 5) is 0. The molecule has 0 aliphatic rings. The molecule has 82 valence electrons. The molecule has 0 aromatic heterocycles. The Morgan fingerprint density at radius 1 is 0.812 bits per heavy atom. The fourth-order valence-corrected chi connectivity index (χ4v) is 3.39. The molecule has 16 heavy (non-hydrogen) atoms. The molecule has 2 aromatic rings. The van der Waals surface area contributed by atoms with E-state index in [-0.39, 0.29) is 0 Å². The van der Waals surface area contributed by atoms with Gasteiger partial charge in [0, 0.05) is 10.0 Å². The van der Waals surface area contributed by atoms with Crippen LogP contribution in [0.3, 0.4) is 0 Å². The van der Waals surface area contributed by atoms with Crippen LogP contribution in [0.4, 0.5) is 0 Å². The summed E-state index contributed by atoms with van der Waals surface area (Å²) in [5, 5.41) is 2.85. The van der Waals surface area contributed by atoms with Crippen LogP contribution in [0.15, 0.2) is 48.5 Å². The van der Waals surface area contributed by atoms with E-state index in [1.807, 2.05) is 24.3 Å². The summed E-state index contributed by atoms with van der Waals surface area (Å²) < 4.78 is 0. The smallest absolute Gasteiger partial charge is 0.0456 e. The first-order valence-corrected chi connectivity index (χ1v) is 6.95. The summed E-state index contributed by atoms with van der Waals surface area (Å²) in [6, 6.07) is 16.0. The van der Waals surface area contributed by atoms with Crippen molar-refractivity contribution >= 4 is 37.1 Å². The minimum absolute atomic E-state index is 0.706. The largest absolute Gasteiger partial charge is 0.0858 e. The number of hydrogen-bond acceptors (Lipinski definition) is 0. The van der Waals surface area contributed by atoms with Gasteiger partial charge in [-0.15, -0.1) is 0 Å². The van der Waals surface area contributed by atoms with Gasteiger partial charge in [-0.25, -0.2) is 0 Å². The highest BCUT2D eigenvalue weighted by molar-refractivity contribution is 7.46. The minimum atomic E-state index is 0.706. The maximum atomic E-state index is 6.12. The highest BCUT2D eigenvalue weighted by atomic mass is 35.5. The molecular weight excluding hydrogens is 258 g/mol. The van der Waals surface area contributed by atoms with Crippen LogP contribution in [0.5, 0.6) is 0 Å². The second-order valence-electron chi connectivity index (χ2n) is 3.42. The number of hydrogen-bond donors (Lipinski definition) is 0. The van der Waals surface area contributed by atoms with Crippen LogP contribution >= 0.6 is 31.8 Å². The lowest BCUT2D eigenvalue weighted by Gasteiger charge is -2.06. The van der Waals surface area contributed by atoms with Crippen LogP contribution in [0, 0.1) is 0 Å². The van der Waals surface area contributed by atoms with E-state index in [2.05, 4.69) is 24.3 Å². The Kier molecular flexibility index (Phi) is 4.23. The molecule has 0 nitrogen and oxygen atoms in total. The molecule has 0 N–H and O–H groups in total. The first-order chi connectivity index (χ1) is 7.77. The zero-order valence-corrected chi connectivity index (χ0v) is 11.1. The van der Waals surface area contributed by atoms with Gasteiger partial charge in [0.05, 0.1) is 0 Å². The normalized spacial score (nSPS) is 11.1. The van der Waals surface area contributed by atoms with Gasteiger partial charge in [-0.1, -0.05) is 68.2 Å². The van der Waals surface area contributed by atoms with Gasteiger partial charge < -0.3 is 0 Å². The molecule has 0 amide bonds. The van der Waals surface area contributed by atoms with Crippen LogP contribution in [0.2, 0.25) is 10.0 Å². The Morgan fingerprint density at radius 3 is 2.06 bits per heavy atom. The Balaban J connectivity index is 2.11. The molecule has 3 heteroatoms. The SMILES string of the molecule is Clc1cccc(Cl)c1CPc1ccccc1. The summed E-state index contributed by atoms with van der Waals surface area (Å²) in [5.74, 6) is 0. The molecule has 1 atom stereocenters. The zero-order valence-electron chi connectivity index (χ0n) is 8.58. The molecular formula is C13H11Cl2P. The van der Waals surface area contributed by atoms with Gasteiger partial charge in [-0.3, -0.25) is 0 Å². The van der Waals surface area contributed by atoms with Crippen molar-refractivity contribution in [3.05, 3.63) is 64.1 Å². The standard InChI is InChI=1S/C13H11Cl2P/c14-12-7-4-8-13(15)11(12)9-16-10-5-2-1-3-6-10/h1-8,16H,9H2. The second kappa shape index (κ2) is 5.68. The van der Waals surface area contributed by atoms with Crippen molar-refractivity contribution in [3.63, 3.8) is 0 Å². The van der Waals surface area contributed by atoms with E-state index < -0.39 is 0 Å². The van der Waals surface area contributed by atoms with Crippen molar-refractivity contribution in [1.29, 1.82) is 0 Å². The summed E-state index contributed by atoms with van der Waals surface area (Å²) in [7, 11) is 0.706. The third-order valence-electron chi connectivity index (χ3n) is 2.30. The summed E-state index contributed by atoms with van der Waals surface area (Å²) >= 11 is 12.2. The van der Waals surface area contributed by atoms with Gasteiger partial charge in [0.15, 0.2) is 0 Å². The lowest BCUT2D eigenvalue weighted by atomic mass is 10.2. The Morgan fingerprint density at radius 2 is 1.44 bits per heavy atom. The van der Waals surface area contributed by atoms with E-state index in [4.69, 9.17) is 23.2 Å². The third-order valence-corrected chi connectivity index (χ3v) is 4.28. The van der Waals surface area contributed by atoms with E-state index in [0.29, 0.717) is 8.58 Å². The fourth-order valence-electron chi connectivity index (χ4n) is 1.45. The van der Waals surface area contributed by atoms with Gasteiger partial charge in [-0.05, 0) is 29.2 Å². The molecule has 0 heterocycles. The molecule has 0 fully saturated rings. The maximum absolute atomic E-state index is 6.12. The molecule has 0 radical (unpaired) electrons. The first-order valence-electron chi connectivity index (χ1n) is 4.99. The highest BCUT2D eigenvalue weighted by Gasteiger charge is 2.04. The maximum Gasteiger partial charge on any atom is 0.0456 e. The highest BCUT2D eigenvalue weighted by Crippen LogP contribution is 2.30. The first kappa shape index (κ1) is 11.9. The molecule has 0 saturated carbocycles. The predicted molar refractivity (Wildman–Crippen MR) is 74.6 cm³/mol. The van der Waals surface area contributed by atoms with Crippen molar-refractivity contribution in [2.75, 3.05) is 0 Å². The topological polar surface area (TPSA) is 0 Å². The lowest BCUT2D eigenvalue weighted by molar-refractivity contribution is 1.41. The van der Waals surface area contributed by atoms with Crippen molar-refractivity contribution in [3.8, 4) is 0 Å². The lowest BCUT2D eigenvalue weighted by Crippen LogP contribution is -1.93. The molecule has 1 unspecified atom stereocenters. The number of benzene rings is 2. The van der Waals surface area contributed by atoms with Crippen molar-refractivity contribution in [2.24, 2.45) is 0 Å². The van der Waals surface area contributed by atoms with Crippen molar-refractivity contribution < 1.29 is 0 Å². The average molecular weight is 269 g/mol. The predicted octanol–water partition coefficient (Wildman–Crippen LogP) is 4.50. The van der Waals surface area contributed by atoms with Crippen molar-refractivity contribution in [1.82, 2.24) is 0 Å². The summed E-state index contributed by atoms with van der Waals surface area (Å²) in [6.07, 6.45) is 0.905. The van der Waals surface area contributed by atoms with Gasteiger partial charge in [-0.2, -0.15) is 0 Å². The molecule has 0 saturated heterocycles. The van der Waals surface area contributed by atoms with E-state index in [9.17, 15) is 0 Å². The molecule has 2 aromatic carbocycles. The van der Waals surface area contributed by atoms with Crippen LogP contribution in [-0.2, 0) is 6.16 Å². The van der Waals surface area contributed by atoms with Crippen molar-refractivity contribution in [2.45, 2.75) is 6.16 Å². The third kappa shape index (κ3) is 2.98. The Labute approximate surface area is 107 Å². The van der Waals surface area contributed by atoms with E-state index >= 15 is 0 Å². The molecule has 0 spiro atoms. The van der Waals surface area contributed by atoms with Crippen LogP contribution in [0.1, 0.15) is 5.56 Å². The molecule has 2 rings (SSSR count). The minimum Gasteiger partial charge on any atom is -0.0858 e. The van der Waals surface area contributed by atoms with E-state index in [1.54, 1.807) is 0 Å². The molecule has 0 aliphatic heterocycles. The van der Waals surface area contributed by atoms with Gasteiger partial charge in [0.1, 0.15) is 0 Å². The van der Waals surface area contributed by atoms with Gasteiger partial charge in [0.25, 0.3) is 0 Å².